The molecule has 0 radical (unpaired) electrons. The molecule has 686 valence electrons. The van der Waals surface area contributed by atoms with Crippen molar-refractivity contribution in [1.82, 2.24) is 81.2 Å². The molecular weight excluding hydrogens is 1880 g/mol. The van der Waals surface area contributed by atoms with Crippen molar-refractivity contribution in [2.45, 2.75) is 79.6 Å². The van der Waals surface area contributed by atoms with Gasteiger partial charge < -0.3 is 61.0 Å². The summed E-state index contributed by atoms with van der Waals surface area (Å²) in [5.41, 5.74) is 17.0. The molecule has 14 aromatic rings. The van der Waals surface area contributed by atoms with E-state index in [0.29, 0.717) is 129 Å². The average molecular weight is 1970 g/mol. The molecule has 0 aliphatic carbocycles. The van der Waals surface area contributed by atoms with Crippen molar-refractivity contribution < 1.29 is 51.1 Å². The number of thiazole rings is 4. The van der Waals surface area contributed by atoms with Crippen LogP contribution in [0.1, 0.15) is 49.9 Å². The van der Waals surface area contributed by atoms with Crippen molar-refractivity contribution in [3.8, 4) is 11.5 Å². The highest BCUT2D eigenvalue weighted by atomic mass is 35.5. The number of carbonyl (C=O) groups excluding carboxylic acids is 4. The summed E-state index contributed by atoms with van der Waals surface area (Å²) in [4.78, 5) is 86.4. The SMILES string of the molecule is Cc1cc(Cl)nnc1N1CCN(C(=O)Nc2nc3ccc(F)cc3s2)[C@H](C)C1.Cc1cc(Cl)nnc1N1CCN[C@H](C)C1.Cc1cc(N2CCN(C(=O)Nc3nc4ccc(F)cc4s3)[C@H](C)C2)nnc1Cl.Cc1cc(N2CCN[C@H](C)C2)nnc1Cl.Nc1ccc(OC(=O)Cl)cc1.Nc1nc2ccc(F)cc2s1.O=C(Nc1nc2ccc(F)cc2s1)Oc1ccc([N+](=O)[O-])cc1. The topological polar surface area (TPSA) is 416 Å². The highest BCUT2D eigenvalue weighted by Crippen LogP contribution is 2.33. The third-order valence-corrected chi connectivity index (χ3v) is 24.7. The van der Waals surface area contributed by atoms with Gasteiger partial charge in [0.15, 0.2) is 64.4 Å². The Morgan fingerprint density at radius 3 is 1.25 bits per heavy atom. The summed E-state index contributed by atoms with van der Waals surface area (Å²) in [5.74, 6) is 2.67. The number of rotatable bonds is 10. The van der Waals surface area contributed by atoms with Crippen molar-refractivity contribution in [2.75, 3.05) is 126 Å². The number of aryl methyl sites for hydroxylation is 4. The largest absolute Gasteiger partial charge is 0.418 e. The number of nitrogen functional groups attached to an aromatic ring is 2. The molecule has 0 unspecified atom stereocenters. The van der Waals surface area contributed by atoms with E-state index in [0.717, 1.165) is 106 Å². The predicted octanol–water partition coefficient (Wildman–Crippen LogP) is 18.3. The Morgan fingerprint density at radius 2 is 0.832 bits per heavy atom. The average Bonchev–Trinajstić information content (AvgIpc) is 1.63. The van der Waals surface area contributed by atoms with Gasteiger partial charge in [-0.25, -0.2) is 56.7 Å². The van der Waals surface area contributed by atoms with Crippen LogP contribution in [0.5, 0.6) is 11.5 Å². The third kappa shape index (κ3) is 27.9. The van der Waals surface area contributed by atoms with Gasteiger partial charge in [-0.05, 0) is 211 Å². The quantitative estimate of drug-likeness (QED) is 0.0220. The minimum atomic E-state index is -0.852. The minimum Gasteiger partial charge on any atom is -0.415 e. The summed E-state index contributed by atoms with van der Waals surface area (Å²) >= 11 is 33.3. The lowest BCUT2D eigenvalue weighted by Gasteiger charge is -2.40. The normalized spacial score (nSPS) is 15.9. The fourth-order valence-electron chi connectivity index (χ4n) is 13.5. The minimum absolute atomic E-state index is 0.0293. The van der Waals surface area contributed by atoms with Gasteiger partial charge in [-0.2, -0.15) is 0 Å². The molecule has 0 spiro atoms. The van der Waals surface area contributed by atoms with E-state index >= 15 is 0 Å². The van der Waals surface area contributed by atoms with E-state index in [9.17, 15) is 46.9 Å². The Bertz CT molecular complexity index is 6390. The Balaban J connectivity index is 0.000000142. The van der Waals surface area contributed by atoms with Crippen LogP contribution in [0.3, 0.4) is 0 Å². The number of non-ortho nitro benzene ring substituents is 1. The molecule has 18 rings (SSSR count). The number of piperazine rings is 4. The van der Waals surface area contributed by atoms with Crippen LogP contribution < -0.4 is 67.1 Å². The van der Waals surface area contributed by atoms with Crippen molar-refractivity contribution in [1.29, 1.82) is 0 Å². The van der Waals surface area contributed by atoms with Gasteiger partial charge >= 0.3 is 23.6 Å². The summed E-state index contributed by atoms with van der Waals surface area (Å²) in [6.45, 7) is 25.6. The number of halogens is 9. The van der Waals surface area contributed by atoms with E-state index in [1.54, 1.807) is 58.3 Å². The van der Waals surface area contributed by atoms with E-state index in [4.69, 9.17) is 74.2 Å². The van der Waals surface area contributed by atoms with Crippen molar-refractivity contribution in [3.05, 3.63) is 222 Å². The summed E-state index contributed by atoms with van der Waals surface area (Å²) in [6, 6.07) is 36.8. The van der Waals surface area contributed by atoms with E-state index < -0.39 is 16.4 Å². The number of benzene rings is 6. The molecule has 4 fully saturated rings. The van der Waals surface area contributed by atoms with Gasteiger partial charge in [0.05, 0.1) is 45.8 Å². The van der Waals surface area contributed by atoms with E-state index in [2.05, 4.69) is 125 Å². The number of nitrogens with zero attached hydrogens (tertiary/aromatic N) is 19. The number of hydrogen-bond donors (Lipinski definition) is 7. The van der Waals surface area contributed by atoms with Crippen molar-refractivity contribution in [2.24, 2.45) is 0 Å². The highest BCUT2D eigenvalue weighted by Gasteiger charge is 2.32. The molecule has 9 N–H and O–H groups in total. The number of carbonyl (C=O) groups is 4. The van der Waals surface area contributed by atoms with Crippen LogP contribution in [0.2, 0.25) is 20.6 Å². The second-order valence-corrected chi connectivity index (χ2v) is 35.8. The molecule has 0 bridgehead atoms. The molecule has 5 amide bonds. The maximum absolute atomic E-state index is 13.3. The van der Waals surface area contributed by atoms with Crippen molar-refractivity contribution >= 4 is 223 Å². The maximum atomic E-state index is 13.3. The first-order valence-corrected chi connectivity index (χ1v) is 45.3. The number of fused-ring (bicyclic) bond motifs is 4. The number of anilines is 9. The zero-order chi connectivity index (χ0) is 93.9. The molecular formula is C84H85Cl5F4N26O8S4. The number of urea groups is 2. The number of hydrogen-bond acceptors (Lipinski definition) is 32. The van der Waals surface area contributed by atoms with E-state index in [1.165, 1.54) is 113 Å². The van der Waals surface area contributed by atoms with Crippen LogP contribution in [-0.2, 0) is 0 Å². The van der Waals surface area contributed by atoms with Crippen LogP contribution in [0.15, 0.2) is 146 Å². The molecule has 0 saturated carbocycles. The lowest BCUT2D eigenvalue weighted by atomic mass is 10.2. The van der Waals surface area contributed by atoms with E-state index in [-0.39, 0.29) is 64.0 Å². The highest BCUT2D eigenvalue weighted by molar-refractivity contribution is 7.23. The number of nitro groups is 1. The second-order valence-electron chi connectivity index (χ2n) is 29.9. The van der Waals surface area contributed by atoms with Gasteiger partial charge in [0, 0.05) is 132 Å². The number of aromatic nitrogens is 12. The molecule has 4 aliphatic rings. The van der Waals surface area contributed by atoms with Gasteiger partial charge in [0.1, 0.15) is 34.8 Å². The Morgan fingerprint density at radius 1 is 0.450 bits per heavy atom. The van der Waals surface area contributed by atoms with Crippen LogP contribution in [0.25, 0.3) is 40.9 Å². The van der Waals surface area contributed by atoms with Crippen LogP contribution in [0, 0.1) is 61.1 Å². The molecule has 34 nitrogen and oxygen atoms in total. The lowest BCUT2D eigenvalue weighted by molar-refractivity contribution is -0.384. The first-order valence-electron chi connectivity index (χ1n) is 40.2. The fourth-order valence-corrected chi connectivity index (χ4v) is 17.6. The zero-order valence-corrected chi connectivity index (χ0v) is 78.1. The standard InChI is InChI=1S/2C18H18ClFN6OS.C14H8FN3O4S.2C10H15ClN4.C7H6ClNO2.C7H5FN2S/c1-10-7-15(23-24-16(10)19)25-5-6-26(11(2)9-25)18(27)22-17-21-13-4-3-12(20)8-14(13)28-17;1-10-7-15(19)23-24-16(10)25-5-6-26(11(2)9-25)18(27)22-17-21-13-4-3-12(20)8-14(13)28-17;15-8-1-6-11-12(7-8)23-13(16-11)17-14(19)22-10-4-2-9(3-5-10)18(20)21;1-7-5-9(13-14-10(7)11)15-4-3-12-8(2)6-15;1-7-5-9(11)13-14-10(7)15-4-3-12-8(2)6-15;8-7(10)11-6-3-1-5(9)2-4-6;8-4-1-2-5-6(3-4)11-7(9)10-5/h2*3-4,7-8,11H,5-6,9H2,1-2H3,(H,21,22,27);1-7H,(H,16,17,19);2*5,8,12H,3-4,6H2,1-2H3;1-4H,9H2;1-3H,(H2,9,10)/t2*11-;;2*8-;;/m11.11../s1. The first-order chi connectivity index (χ1) is 62.6. The van der Waals surface area contributed by atoms with Crippen molar-refractivity contribution in [3.63, 3.8) is 0 Å². The molecule has 131 heavy (non-hydrogen) atoms. The second kappa shape index (κ2) is 45.5. The smallest absolute Gasteiger partial charge is 0.415 e. The molecule has 8 aromatic heterocycles. The molecule has 6 aromatic carbocycles. The van der Waals surface area contributed by atoms with Crippen LogP contribution in [-0.4, -0.2) is 202 Å². The fraction of sp³-hybridized carbons (Fsp3) is 0.286. The number of nitro benzene ring substituents is 1. The van der Waals surface area contributed by atoms with Gasteiger partial charge in [0.25, 0.3) is 5.69 Å². The molecule has 47 heteroatoms. The van der Waals surface area contributed by atoms with Crippen LogP contribution in [0.4, 0.5) is 91.9 Å². The molecule has 12 heterocycles. The first kappa shape index (κ1) is 97.8. The monoisotopic (exact) mass is 1960 g/mol. The third-order valence-electron chi connectivity index (χ3n) is 19.8. The summed E-state index contributed by atoms with van der Waals surface area (Å²) in [5, 5.41) is 61.1. The lowest BCUT2D eigenvalue weighted by Crippen LogP contribution is -2.55. The summed E-state index contributed by atoms with van der Waals surface area (Å²) < 4.78 is 64.7. The maximum Gasteiger partial charge on any atom is 0.418 e. The zero-order valence-electron chi connectivity index (χ0n) is 71.1. The van der Waals surface area contributed by atoms with Gasteiger partial charge in [-0.3, -0.25) is 26.1 Å². The number of ether oxygens (including phenoxy) is 2. The predicted molar refractivity (Wildman–Crippen MR) is 509 cm³/mol. The Hall–Kier alpha value is -12.2. The molecule has 4 saturated heterocycles. The van der Waals surface area contributed by atoms with E-state index in [1.807, 2.05) is 59.7 Å². The van der Waals surface area contributed by atoms with Gasteiger partial charge in [-0.1, -0.05) is 91.8 Å². The van der Waals surface area contributed by atoms with Gasteiger partial charge in [0.2, 0.25) is 0 Å². The molecule has 4 aliphatic heterocycles. The summed E-state index contributed by atoms with van der Waals surface area (Å²) in [6.07, 6.45) is -0.793. The Kier molecular flexibility index (Phi) is 34.0. The van der Waals surface area contributed by atoms with Gasteiger partial charge in [-0.15, -0.1) is 40.8 Å². The van der Waals surface area contributed by atoms with Crippen LogP contribution >= 0.6 is 103 Å². The molecule has 4 atom stereocenters. The summed E-state index contributed by atoms with van der Waals surface area (Å²) in [7, 11) is 0. The number of nitrogens with two attached hydrogens (primary N) is 2. The number of nitrogens with one attached hydrogen (secondary N) is 5. The Labute approximate surface area is 788 Å². The number of amides is 5.